The number of benzene rings is 1. The lowest BCUT2D eigenvalue weighted by molar-refractivity contribution is -0.138. The number of ketones is 1. The van der Waals surface area contributed by atoms with Gasteiger partial charge in [-0.2, -0.15) is 0 Å². The van der Waals surface area contributed by atoms with Crippen LogP contribution >= 0.6 is 0 Å². The van der Waals surface area contributed by atoms with Crippen molar-refractivity contribution in [3.63, 3.8) is 0 Å². The lowest BCUT2D eigenvalue weighted by Gasteiger charge is -2.38. The SMILES string of the molecule is CC1CCN(C(=O)C(C)N2CCC(C(=O)c3ccccc3)CC2)CC1. The third-order valence-electron chi connectivity index (χ3n) is 5.96. The number of carbonyl (C=O) groups is 2. The molecule has 25 heavy (non-hydrogen) atoms. The number of rotatable bonds is 4. The molecule has 1 aromatic carbocycles. The maximum Gasteiger partial charge on any atom is 0.239 e. The average Bonchev–Trinajstić information content (AvgIpc) is 2.67. The van der Waals surface area contributed by atoms with E-state index < -0.39 is 0 Å². The first-order chi connectivity index (χ1) is 12.1. The number of carbonyl (C=O) groups excluding carboxylic acids is 2. The van der Waals surface area contributed by atoms with E-state index in [4.69, 9.17) is 0 Å². The van der Waals surface area contributed by atoms with Crippen molar-refractivity contribution in [1.29, 1.82) is 0 Å². The van der Waals surface area contributed by atoms with Crippen LogP contribution in [0, 0.1) is 11.8 Å². The van der Waals surface area contributed by atoms with Gasteiger partial charge in [0.1, 0.15) is 0 Å². The molecule has 1 atom stereocenters. The molecule has 0 saturated carbocycles. The summed E-state index contributed by atoms with van der Waals surface area (Å²) in [7, 11) is 0. The van der Waals surface area contributed by atoms with Gasteiger partial charge in [0.25, 0.3) is 0 Å². The van der Waals surface area contributed by atoms with E-state index in [1.54, 1.807) is 0 Å². The molecule has 136 valence electrons. The molecule has 1 amide bonds. The van der Waals surface area contributed by atoms with Crippen molar-refractivity contribution in [3.8, 4) is 0 Å². The first-order valence-corrected chi connectivity index (χ1v) is 9.68. The fourth-order valence-corrected chi connectivity index (χ4v) is 4.04. The highest BCUT2D eigenvalue weighted by Crippen LogP contribution is 2.24. The monoisotopic (exact) mass is 342 g/mol. The van der Waals surface area contributed by atoms with E-state index in [2.05, 4.69) is 11.8 Å². The molecule has 2 heterocycles. The second-order valence-corrected chi connectivity index (χ2v) is 7.72. The summed E-state index contributed by atoms with van der Waals surface area (Å²) in [5.41, 5.74) is 0.813. The Bertz CT molecular complexity index is 585. The Labute approximate surface area is 151 Å². The van der Waals surface area contributed by atoms with Gasteiger partial charge >= 0.3 is 0 Å². The topological polar surface area (TPSA) is 40.6 Å². The van der Waals surface area contributed by atoms with Gasteiger partial charge in [0, 0.05) is 24.6 Å². The summed E-state index contributed by atoms with van der Waals surface area (Å²) in [6.07, 6.45) is 3.93. The minimum atomic E-state index is -0.0683. The summed E-state index contributed by atoms with van der Waals surface area (Å²) in [5, 5.41) is 0. The molecule has 2 aliphatic heterocycles. The molecule has 0 radical (unpaired) electrons. The van der Waals surface area contributed by atoms with Gasteiger partial charge in [0.05, 0.1) is 6.04 Å². The second-order valence-electron chi connectivity index (χ2n) is 7.72. The normalized spacial score (nSPS) is 21.9. The standard InChI is InChI=1S/C21H30N2O2/c1-16-8-12-23(13-9-16)21(25)17(2)22-14-10-19(11-15-22)20(24)18-6-4-3-5-7-18/h3-7,16-17,19H,8-15H2,1-2H3. The summed E-state index contributed by atoms with van der Waals surface area (Å²) in [4.78, 5) is 29.6. The Balaban J connectivity index is 1.51. The molecule has 0 spiro atoms. The van der Waals surface area contributed by atoms with Gasteiger partial charge in [-0.05, 0) is 51.6 Å². The number of likely N-dealkylation sites (tertiary alicyclic amines) is 2. The molecule has 1 aromatic rings. The summed E-state index contributed by atoms with van der Waals surface area (Å²) in [6.45, 7) is 7.75. The van der Waals surface area contributed by atoms with Crippen LogP contribution in [0.5, 0.6) is 0 Å². The molecule has 1 unspecified atom stereocenters. The number of hydrogen-bond acceptors (Lipinski definition) is 3. The van der Waals surface area contributed by atoms with Crippen LogP contribution in [0.4, 0.5) is 0 Å². The molecular formula is C21H30N2O2. The molecule has 2 fully saturated rings. The zero-order valence-electron chi connectivity index (χ0n) is 15.5. The lowest BCUT2D eigenvalue weighted by atomic mass is 9.88. The van der Waals surface area contributed by atoms with Crippen LogP contribution < -0.4 is 0 Å². The quantitative estimate of drug-likeness (QED) is 0.789. The largest absolute Gasteiger partial charge is 0.341 e. The molecule has 0 N–H and O–H groups in total. The number of amides is 1. The average molecular weight is 342 g/mol. The number of Topliss-reactive ketones (excluding diaryl/α,β-unsaturated/α-hetero) is 1. The van der Waals surface area contributed by atoms with Gasteiger partial charge in [-0.1, -0.05) is 37.3 Å². The van der Waals surface area contributed by atoms with Crippen molar-refractivity contribution >= 4 is 11.7 Å². The number of nitrogens with zero attached hydrogens (tertiary/aromatic N) is 2. The van der Waals surface area contributed by atoms with Crippen LogP contribution in [0.2, 0.25) is 0 Å². The first kappa shape index (κ1) is 18.1. The summed E-state index contributed by atoms with van der Waals surface area (Å²) >= 11 is 0. The lowest BCUT2D eigenvalue weighted by Crippen LogP contribution is -2.51. The van der Waals surface area contributed by atoms with Crippen LogP contribution in [0.3, 0.4) is 0 Å². The molecular weight excluding hydrogens is 312 g/mol. The van der Waals surface area contributed by atoms with E-state index in [-0.39, 0.29) is 23.7 Å². The van der Waals surface area contributed by atoms with Crippen molar-refractivity contribution in [2.24, 2.45) is 11.8 Å². The fourth-order valence-electron chi connectivity index (χ4n) is 4.04. The van der Waals surface area contributed by atoms with Crippen LogP contribution in [-0.4, -0.2) is 53.7 Å². The maximum atomic E-state index is 12.8. The Hall–Kier alpha value is -1.68. The third-order valence-corrected chi connectivity index (χ3v) is 5.96. The van der Waals surface area contributed by atoms with E-state index >= 15 is 0 Å². The van der Waals surface area contributed by atoms with Gasteiger partial charge in [0.2, 0.25) is 5.91 Å². The van der Waals surface area contributed by atoms with Crippen LogP contribution in [-0.2, 0) is 4.79 Å². The van der Waals surface area contributed by atoms with E-state index in [0.717, 1.165) is 63.3 Å². The van der Waals surface area contributed by atoms with Gasteiger partial charge in [-0.15, -0.1) is 0 Å². The predicted molar refractivity (Wildman–Crippen MR) is 99.5 cm³/mol. The molecule has 0 bridgehead atoms. The van der Waals surface area contributed by atoms with Crippen LogP contribution in [0.15, 0.2) is 30.3 Å². The second kappa shape index (κ2) is 8.13. The highest BCUT2D eigenvalue weighted by Gasteiger charge is 2.32. The van der Waals surface area contributed by atoms with Crippen molar-refractivity contribution in [1.82, 2.24) is 9.80 Å². The molecule has 2 aliphatic rings. The molecule has 0 aliphatic carbocycles. The number of hydrogen-bond donors (Lipinski definition) is 0. The van der Waals surface area contributed by atoms with Crippen molar-refractivity contribution in [2.75, 3.05) is 26.2 Å². The Kier molecular flexibility index (Phi) is 5.89. The molecule has 0 aromatic heterocycles. The first-order valence-electron chi connectivity index (χ1n) is 9.68. The molecule has 2 saturated heterocycles. The van der Waals surface area contributed by atoms with E-state index in [0.29, 0.717) is 0 Å². The van der Waals surface area contributed by atoms with Gasteiger partial charge in [0.15, 0.2) is 5.78 Å². The van der Waals surface area contributed by atoms with E-state index in [1.807, 2.05) is 42.2 Å². The van der Waals surface area contributed by atoms with E-state index in [1.165, 1.54) is 0 Å². The van der Waals surface area contributed by atoms with Crippen molar-refractivity contribution < 1.29 is 9.59 Å². The van der Waals surface area contributed by atoms with Crippen molar-refractivity contribution in [2.45, 2.75) is 45.6 Å². The Morgan fingerprint density at radius 1 is 0.960 bits per heavy atom. The minimum Gasteiger partial charge on any atom is -0.341 e. The summed E-state index contributed by atoms with van der Waals surface area (Å²) in [6, 6.07) is 9.51. The smallest absolute Gasteiger partial charge is 0.239 e. The van der Waals surface area contributed by atoms with Gasteiger partial charge in [-0.3, -0.25) is 14.5 Å². The number of piperidine rings is 2. The zero-order valence-corrected chi connectivity index (χ0v) is 15.5. The fraction of sp³-hybridized carbons (Fsp3) is 0.619. The molecule has 4 heteroatoms. The van der Waals surface area contributed by atoms with Crippen LogP contribution in [0.1, 0.15) is 49.9 Å². The highest BCUT2D eigenvalue weighted by atomic mass is 16.2. The Morgan fingerprint density at radius 3 is 2.16 bits per heavy atom. The zero-order chi connectivity index (χ0) is 17.8. The predicted octanol–water partition coefficient (Wildman–Crippen LogP) is 3.23. The summed E-state index contributed by atoms with van der Waals surface area (Å²) < 4.78 is 0. The molecule has 3 rings (SSSR count). The van der Waals surface area contributed by atoms with Crippen molar-refractivity contribution in [3.05, 3.63) is 35.9 Å². The van der Waals surface area contributed by atoms with Crippen LogP contribution in [0.25, 0.3) is 0 Å². The highest BCUT2D eigenvalue weighted by molar-refractivity contribution is 5.97. The maximum absolute atomic E-state index is 12.8. The third kappa shape index (κ3) is 4.30. The minimum absolute atomic E-state index is 0.0683. The van der Waals surface area contributed by atoms with E-state index in [9.17, 15) is 9.59 Å². The molecule has 4 nitrogen and oxygen atoms in total. The van der Waals surface area contributed by atoms with Gasteiger partial charge in [-0.25, -0.2) is 0 Å². The van der Waals surface area contributed by atoms with Gasteiger partial charge < -0.3 is 4.90 Å². The Morgan fingerprint density at radius 2 is 1.56 bits per heavy atom. The summed E-state index contributed by atoms with van der Waals surface area (Å²) in [5.74, 6) is 1.35.